The van der Waals surface area contributed by atoms with Crippen LogP contribution in [0.2, 0.25) is 0 Å². The molecular weight excluding hydrogens is 406 g/mol. The molecule has 0 saturated carbocycles. The zero-order chi connectivity index (χ0) is 24.4. The third-order valence-corrected chi connectivity index (χ3v) is 4.48. The van der Waals surface area contributed by atoms with Gasteiger partial charge in [-0.25, -0.2) is 4.79 Å². The van der Waals surface area contributed by atoms with Crippen molar-refractivity contribution in [2.75, 3.05) is 41.5 Å². The molecule has 0 spiro atoms. The smallest absolute Gasteiger partial charge is 0.408 e. The Morgan fingerprint density at radius 2 is 1.74 bits per heavy atom. The summed E-state index contributed by atoms with van der Waals surface area (Å²) in [6, 6.07) is 0.248. The molecule has 3 atom stereocenters. The van der Waals surface area contributed by atoms with Crippen LogP contribution in [0, 0.1) is 0 Å². The highest BCUT2D eigenvalue weighted by Crippen LogP contribution is 2.23. The normalized spacial score (nSPS) is 18.8. The van der Waals surface area contributed by atoms with Crippen molar-refractivity contribution in [3.8, 4) is 0 Å². The molecule has 0 bridgehead atoms. The summed E-state index contributed by atoms with van der Waals surface area (Å²) >= 11 is 0. The van der Waals surface area contributed by atoms with Gasteiger partial charge in [-0.15, -0.1) is 0 Å². The zero-order valence-corrected chi connectivity index (χ0v) is 20.3. The van der Waals surface area contributed by atoms with Crippen LogP contribution >= 0.6 is 0 Å². The van der Waals surface area contributed by atoms with E-state index in [1.807, 2.05) is 0 Å². The van der Waals surface area contributed by atoms with Gasteiger partial charge in [0.05, 0.1) is 7.11 Å². The molecule has 3 unspecified atom stereocenters. The van der Waals surface area contributed by atoms with E-state index in [2.05, 4.69) is 33.7 Å². The average Bonchev–Trinajstić information content (AvgIpc) is 3.01. The van der Waals surface area contributed by atoms with E-state index in [1.165, 1.54) is 18.4 Å². The zero-order valence-electron chi connectivity index (χ0n) is 20.3. The highest BCUT2D eigenvalue weighted by atomic mass is 16.6. The van der Waals surface area contributed by atoms with E-state index in [-0.39, 0.29) is 6.54 Å². The number of alkyl carbamates (subject to hydrolysis) is 1. The van der Waals surface area contributed by atoms with Crippen LogP contribution in [0.3, 0.4) is 0 Å². The van der Waals surface area contributed by atoms with Crippen molar-refractivity contribution in [1.29, 1.82) is 0 Å². The summed E-state index contributed by atoms with van der Waals surface area (Å²) in [6.45, 7) is 8.53. The Hall–Kier alpha value is -2.20. The minimum atomic E-state index is -0.773. The van der Waals surface area contributed by atoms with E-state index in [1.54, 1.807) is 35.0 Å². The predicted octanol–water partition coefficient (Wildman–Crippen LogP) is 1.46. The molecule has 1 fully saturated rings. The predicted molar refractivity (Wildman–Crippen MR) is 118 cm³/mol. The van der Waals surface area contributed by atoms with E-state index < -0.39 is 17.7 Å². The standard InChI is InChI=1S/C17H31N3O4.C2H4O2.C2H6O/c1-13-6-7-15(19(13)5)8-9-20(12-22)10-14(11-21)18-16(23)24-17(2,3)4;1-4-2-3;1-3-2/h11-15H,6-10H2,1-5H3,(H,18,23);2H,1H3;1-2H3. The summed E-state index contributed by atoms with van der Waals surface area (Å²) in [5, 5.41) is 2.49. The molecule has 0 radical (unpaired) electrons. The average molecular weight is 448 g/mol. The molecule has 182 valence electrons. The van der Waals surface area contributed by atoms with Crippen LogP contribution in [0.4, 0.5) is 4.79 Å². The van der Waals surface area contributed by atoms with E-state index in [4.69, 9.17) is 9.53 Å². The van der Waals surface area contributed by atoms with Crippen LogP contribution in [0.1, 0.15) is 47.0 Å². The van der Waals surface area contributed by atoms with Crippen LogP contribution in [-0.4, -0.2) is 100 Å². The number of likely N-dealkylation sites (tertiary alicyclic amines) is 1. The molecule has 31 heavy (non-hydrogen) atoms. The van der Waals surface area contributed by atoms with Crippen LogP contribution < -0.4 is 5.32 Å². The van der Waals surface area contributed by atoms with Crippen molar-refractivity contribution < 1.29 is 33.4 Å². The summed E-state index contributed by atoms with van der Waals surface area (Å²) in [4.78, 5) is 47.0. The molecule has 0 aromatic carbocycles. The first-order chi connectivity index (χ1) is 14.5. The lowest BCUT2D eigenvalue weighted by Gasteiger charge is -2.27. The van der Waals surface area contributed by atoms with Crippen molar-refractivity contribution in [3.05, 3.63) is 0 Å². The van der Waals surface area contributed by atoms with Crippen molar-refractivity contribution in [2.45, 2.75) is 70.7 Å². The largest absolute Gasteiger partial charge is 0.471 e. The summed E-state index contributed by atoms with van der Waals surface area (Å²) in [5.41, 5.74) is -0.633. The van der Waals surface area contributed by atoms with Crippen LogP contribution in [0.15, 0.2) is 0 Å². The Labute approximate surface area is 186 Å². The molecular formula is C21H41N3O7. The number of hydrogen-bond donors (Lipinski definition) is 1. The number of methoxy groups -OCH3 is 2. The van der Waals surface area contributed by atoms with Crippen LogP contribution in [-0.2, 0) is 28.6 Å². The van der Waals surface area contributed by atoms with Gasteiger partial charge in [-0.05, 0) is 54.0 Å². The third kappa shape index (κ3) is 16.2. The van der Waals surface area contributed by atoms with Gasteiger partial charge in [-0.2, -0.15) is 0 Å². The molecule has 10 heteroatoms. The molecule has 1 heterocycles. The molecule has 0 aliphatic carbocycles. The van der Waals surface area contributed by atoms with Crippen molar-refractivity contribution in [2.24, 2.45) is 0 Å². The number of carbonyl (C=O) groups excluding carboxylic acids is 4. The third-order valence-electron chi connectivity index (χ3n) is 4.48. The van der Waals surface area contributed by atoms with E-state index in [0.717, 1.165) is 19.3 Å². The summed E-state index contributed by atoms with van der Waals surface area (Å²) in [7, 11) is 6.67. The Bertz CT molecular complexity index is 512. The number of nitrogens with one attached hydrogen (secondary N) is 1. The number of aldehydes is 1. The quantitative estimate of drug-likeness (QED) is 0.529. The Morgan fingerprint density at radius 3 is 2.10 bits per heavy atom. The van der Waals surface area contributed by atoms with Gasteiger partial charge in [-0.3, -0.25) is 9.59 Å². The van der Waals surface area contributed by atoms with Crippen molar-refractivity contribution in [1.82, 2.24) is 15.1 Å². The van der Waals surface area contributed by atoms with Crippen LogP contribution in [0.5, 0.6) is 0 Å². The molecule has 0 aromatic heterocycles. The SMILES string of the molecule is CC1CCC(CCN(C=O)CC(C=O)NC(=O)OC(C)(C)C)N1C.COC.COC=O. The topological polar surface area (TPSA) is 114 Å². The molecule has 1 aliphatic rings. The van der Waals surface area contributed by atoms with Gasteiger partial charge in [0.2, 0.25) is 6.41 Å². The van der Waals surface area contributed by atoms with E-state index >= 15 is 0 Å². The first-order valence-corrected chi connectivity index (χ1v) is 10.2. The van der Waals surface area contributed by atoms with Gasteiger partial charge in [0, 0.05) is 39.4 Å². The minimum absolute atomic E-state index is 0.151. The van der Waals surface area contributed by atoms with Gasteiger partial charge in [0.25, 0.3) is 6.47 Å². The monoisotopic (exact) mass is 447 g/mol. The second-order valence-corrected chi connectivity index (χ2v) is 8.26. The summed E-state index contributed by atoms with van der Waals surface area (Å²) < 4.78 is 13.2. The number of hydrogen-bond acceptors (Lipinski definition) is 8. The Morgan fingerprint density at radius 1 is 1.19 bits per heavy atom. The lowest BCUT2D eigenvalue weighted by Crippen LogP contribution is -2.47. The first kappa shape index (κ1) is 31.0. The van der Waals surface area contributed by atoms with E-state index in [9.17, 15) is 14.4 Å². The van der Waals surface area contributed by atoms with Gasteiger partial charge < -0.3 is 34.1 Å². The maximum atomic E-state index is 11.7. The number of carbonyl (C=O) groups is 4. The second-order valence-electron chi connectivity index (χ2n) is 8.26. The van der Waals surface area contributed by atoms with Gasteiger partial charge >= 0.3 is 6.09 Å². The highest BCUT2D eigenvalue weighted by Gasteiger charge is 2.27. The maximum Gasteiger partial charge on any atom is 0.408 e. The van der Waals surface area contributed by atoms with Crippen LogP contribution in [0.25, 0.3) is 0 Å². The lowest BCUT2D eigenvalue weighted by molar-refractivity contribution is -0.126. The maximum absolute atomic E-state index is 11.7. The number of amides is 2. The fraction of sp³-hybridized carbons (Fsp3) is 0.810. The Kier molecular flexibility index (Phi) is 17.5. The van der Waals surface area contributed by atoms with Gasteiger partial charge in [0.15, 0.2) is 0 Å². The molecule has 10 nitrogen and oxygen atoms in total. The fourth-order valence-corrected chi connectivity index (χ4v) is 2.88. The molecule has 1 aliphatic heterocycles. The van der Waals surface area contributed by atoms with Gasteiger partial charge in [-0.1, -0.05) is 0 Å². The molecule has 1 saturated heterocycles. The second kappa shape index (κ2) is 17.5. The van der Waals surface area contributed by atoms with Crippen molar-refractivity contribution in [3.63, 3.8) is 0 Å². The number of nitrogens with zero attached hydrogens (tertiary/aromatic N) is 2. The Balaban J connectivity index is 0. The lowest BCUT2D eigenvalue weighted by atomic mass is 10.1. The number of rotatable bonds is 9. The highest BCUT2D eigenvalue weighted by molar-refractivity contribution is 5.73. The molecule has 0 aromatic rings. The summed E-state index contributed by atoms with van der Waals surface area (Å²) in [6.07, 6.45) is 3.85. The summed E-state index contributed by atoms with van der Waals surface area (Å²) in [5.74, 6) is 0. The molecule has 1 rings (SSSR count). The first-order valence-electron chi connectivity index (χ1n) is 10.2. The van der Waals surface area contributed by atoms with E-state index in [0.29, 0.717) is 31.4 Å². The van der Waals surface area contributed by atoms with Gasteiger partial charge in [0.1, 0.15) is 17.9 Å². The minimum Gasteiger partial charge on any atom is -0.471 e. The fourth-order valence-electron chi connectivity index (χ4n) is 2.88. The molecule has 1 N–H and O–H groups in total. The molecule has 2 amide bonds. The number of ether oxygens (including phenoxy) is 3. The van der Waals surface area contributed by atoms with Crippen molar-refractivity contribution >= 4 is 25.3 Å².